The van der Waals surface area contributed by atoms with Gasteiger partial charge >= 0.3 is 0 Å². The Morgan fingerprint density at radius 1 is 1.04 bits per heavy atom. The Labute approximate surface area is 153 Å². The highest BCUT2D eigenvalue weighted by atomic mass is 32.2. The summed E-state index contributed by atoms with van der Waals surface area (Å²) in [6, 6.07) is 12.9. The molecule has 0 aliphatic carbocycles. The number of halogens is 2. The van der Waals surface area contributed by atoms with Crippen LogP contribution in [0.1, 0.15) is 10.4 Å². The molecule has 0 spiro atoms. The van der Waals surface area contributed by atoms with Crippen molar-refractivity contribution in [2.45, 2.75) is 15.5 Å². The van der Waals surface area contributed by atoms with Crippen molar-refractivity contribution in [1.29, 1.82) is 0 Å². The molecule has 2 aromatic rings. The Bertz CT molecular complexity index is 753. The summed E-state index contributed by atoms with van der Waals surface area (Å²) in [5.41, 5.74) is 0.911. The summed E-state index contributed by atoms with van der Waals surface area (Å²) in [6.07, 6.45) is 0. The van der Waals surface area contributed by atoms with Crippen LogP contribution in [0.25, 0.3) is 0 Å². The van der Waals surface area contributed by atoms with Gasteiger partial charge in [-0.2, -0.15) is 8.78 Å². The quantitative estimate of drug-likeness (QED) is 0.737. The number of anilines is 1. The minimum Gasteiger partial charge on any atom is -0.339 e. The topological polar surface area (TPSA) is 49.4 Å². The largest absolute Gasteiger partial charge is 0.339 e. The molecule has 0 bridgehead atoms. The Kier molecular flexibility index (Phi) is 6.83. The molecule has 0 atom stereocenters. The van der Waals surface area contributed by atoms with Crippen molar-refractivity contribution < 1.29 is 18.4 Å². The van der Waals surface area contributed by atoms with Gasteiger partial charge in [0.1, 0.15) is 0 Å². The summed E-state index contributed by atoms with van der Waals surface area (Å²) in [5, 5.41) is 2.61. The number of carbonyl (C=O) groups is 2. The average molecular weight is 382 g/mol. The molecule has 0 radical (unpaired) electrons. The highest BCUT2D eigenvalue weighted by molar-refractivity contribution is 8.13. The summed E-state index contributed by atoms with van der Waals surface area (Å²) < 4.78 is 24.6. The zero-order valence-electron chi connectivity index (χ0n) is 13.5. The van der Waals surface area contributed by atoms with Crippen molar-refractivity contribution in [3.8, 4) is 0 Å². The number of alkyl halides is 2. The summed E-state index contributed by atoms with van der Waals surface area (Å²) in [7, 11) is 3.33. The van der Waals surface area contributed by atoms with Crippen LogP contribution in [0.15, 0.2) is 58.3 Å². The molecule has 4 nitrogen and oxygen atoms in total. The lowest BCUT2D eigenvalue weighted by Crippen LogP contribution is -2.16. The number of nitrogens with zero attached hydrogens (tertiary/aromatic N) is 1. The maximum atomic E-state index is 12.3. The van der Waals surface area contributed by atoms with Crippen molar-refractivity contribution in [2.24, 2.45) is 0 Å². The van der Waals surface area contributed by atoms with Gasteiger partial charge in [0, 0.05) is 35.1 Å². The monoisotopic (exact) mass is 382 g/mol. The van der Waals surface area contributed by atoms with Gasteiger partial charge in [0.05, 0.1) is 0 Å². The maximum absolute atomic E-state index is 12.3. The fourth-order valence-corrected chi connectivity index (χ4v) is 3.04. The smallest absolute Gasteiger partial charge is 0.288 e. The Balaban J connectivity index is 2.04. The van der Waals surface area contributed by atoms with E-state index in [1.54, 1.807) is 38.4 Å². The van der Waals surface area contributed by atoms with E-state index >= 15 is 0 Å². The van der Waals surface area contributed by atoms with Gasteiger partial charge < -0.3 is 10.2 Å². The van der Waals surface area contributed by atoms with Crippen LogP contribution in [0.5, 0.6) is 0 Å². The minimum absolute atomic E-state index is 0.115. The molecular formula is C17H16F2N2O2S2. The third-order valence-electron chi connectivity index (χ3n) is 3.00. The van der Waals surface area contributed by atoms with Crippen molar-refractivity contribution in [3.63, 3.8) is 0 Å². The second-order valence-electron chi connectivity index (χ2n) is 5.15. The number of nitrogens with one attached hydrogen (secondary N) is 1. The number of amides is 2. The van der Waals surface area contributed by atoms with Crippen LogP contribution in [0.2, 0.25) is 0 Å². The molecule has 0 aliphatic heterocycles. The number of hydrogen-bond acceptors (Lipinski definition) is 4. The first-order valence-corrected chi connectivity index (χ1v) is 8.90. The fraction of sp³-hybridized carbons (Fsp3) is 0.176. The average Bonchev–Trinajstić information content (AvgIpc) is 2.55. The van der Waals surface area contributed by atoms with Crippen molar-refractivity contribution in [3.05, 3.63) is 54.1 Å². The van der Waals surface area contributed by atoms with E-state index in [0.717, 1.165) is 11.8 Å². The minimum atomic E-state index is -2.50. The van der Waals surface area contributed by atoms with Gasteiger partial charge in [-0.05, 0) is 54.2 Å². The summed E-state index contributed by atoms with van der Waals surface area (Å²) in [6.45, 7) is 0. The zero-order valence-corrected chi connectivity index (χ0v) is 15.2. The first-order chi connectivity index (χ1) is 11.8. The number of carbonyl (C=O) groups excluding carboxylic acids is 2. The first-order valence-electron chi connectivity index (χ1n) is 7.20. The van der Waals surface area contributed by atoms with E-state index < -0.39 is 5.76 Å². The molecule has 2 aromatic carbocycles. The normalized spacial score (nSPS) is 10.6. The van der Waals surface area contributed by atoms with E-state index in [2.05, 4.69) is 5.32 Å². The molecule has 132 valence electrons. The molecule has 0 aromatic heterocycles. The molecule has 0 fully saturated rings. The molecule has 25 heavy (non-hydrogen) atoms. The third-order valence-corrected chi connectivity index (χ3v) is 4.76. The fourth-order valence-electron chi connectivity index (χ4n) is 1.82. The van der Waals surface area contributed by atoms with Crippen molar-refractivity contribution >= 4 is 40.4 Å². The molecular weight excluding hydrogens is 366 g/mol. The first kappa shape index (κ1) is 19.3. The van der Waals surface area contributed by atoms with Crippen LogP contribution in [0.4, 0.5) is 19.3 Å². The molecule has 0 saturated heterocycles. The lowest BCUT2D eigenvalue weighted by atomic mass is 10.2. The Hall–Kier alpha value is -2.06. The lowest BCUT2D eigenvalue weighted by molar-refractivity contribution is 0.102. The van der Waals surface area contributed by atoms with E-state index in [9.17, 15) is 18.4 Å². The number of benzene rings is 2. The number of thioether (sulfide) groups is 2. The predicted octanol–water partition coefficient (Wildman–Crippen LogP) is 5.03. The second kappa shape index (κ2) is 8.87. The van der Waals surface area contributed by atoms with Gasteiger partial charge in [-0.1, -0.05) is 17.8 Å². The van der Waals surface area contributed by atoms with Crippen LogP contribution in [0.3, 0.4) is 0 Å². The van der Waals surface area contributed by atoms with Gasteiger partial charge in [-0.15, -0.1) is 0 Å². The maximum Gasteiger partial charge on any atom is 0.288 e. The molecule has 0 unspecified atom stereocenters. The summed E-state index contributed by atoms with van der Waals surface area (Å²) >= 11 is 1.49. The summed E-state index contributed by atoms with van der Waals surface area (Å²) in [4.78, 5) is 26.5. The Morgan fingerprint density at radius 3 is 2.32 bits per heavy atom. The van der Waals surface area contributed by atoms with E-state index in [1.165, 1.54) is 29.2 Å². The van der Waals surface area contributed by atoms with Gasteiger partial charge in [-0.3, -0.25) is 9.59 Å². The summed E-state index contributed by atoms with van der Waals surface area (Å²) in [5.74, 6) is -2.85. The highest BCUT2D eigenvalue weighted by Gasteiger charge is 2.10. The standard InChI is InChI=1S/C17H16F2N2O2S2/c1-21(2)17(23)25-14-5-3-4-12(10-14)20-15(22)11-6-8-13(9-7-11)24-16(18)19/h3-10,16H,1-2H3,(H,20,22). The van der Waals surface area contributed by atoms with Gasteiger partial charge in [-0.25, -0.2) is 0 Å². The second-order valence-corrected chi connectivity index (χ2v) is 7.24. The lowest BCUT2D eigenvalue weighted by Gasteiger charge is -2.10. The van der Waals surface area contributed by atoms with Gasteiger partial charge in [0.2, 0.25) is 0 Å². The van der Waals surface area contributed by atoms with Crippen LogP contribution in [-0.4, -0.2) is 35.9 Å². The van der Waals surface area contributed by atoms with Crippen LogP contribution < -0.4 is 5.32 Å². The van der Waals surface area contributed by atoms with E-state index in [1.807, 2.05) is 0 Å². The van der Waals surface area contributed by atoms with Gasteiger partial charge in [0.25, 0.3) is 16.9 Å². The van der Waals surface area contributed by atoms with Crippen molar-refractivity contribution in [1.82, 2.24) is 4.90 Å². The SMILES string of the molecule is CN(C)C(=O)Sc1cccc(NC(=O)c2ccc(SC(F)F)cc2)c1. The molecule has 0 saturated carbocycles. The molecule has 2 rings (SSSR count). The van der Waals surface area contributed by atoms with Gasteiger partial charge in [0.15, 0.2) is 0 Å². The van der Waals surface area contributed by atoms with Crippen LogP contribution >= 0.6 is 23.5 Å². The van der Waals surface area contributed by atoms with Crippen molar-refractivity contribution in [2.75, 3.05) is 19.4 Å². The third kappa shape index (κ3) is 6.06. The van der Waals surface area contributed by atoms with Crippen LogP contribution in [0, 0.1) is 0 Å². The Morgan fingerprint density at radius 2 is 1.72 bits per heavy atom. The number of hydrogen-bond donors (Lipinski definition) is 1. The predicted molar refractivity (Wildman–Crippen MR) is 97.6 cm³/mol. The zero-order chi connectivity index (χ0) is 18.4. The van der Waals surface area contributed by atoms with E-state index in [0.29, 0.717) is 32.8 Å². The number of rotatable bonds is 5. The highest BCUT2D eigenvalue weighted by Crippen LogP contribution is 2.26. The van der Waals surface area contributed by atoms with E-state index in [4.69, 9.17) is 0 Å². The molecule has 2 amide bonds. The van der Waals surface area contributed by atoms with Crippen LogP contribution in [-0.2, 0) is 0 Å². The molecule has 1 N–H and O–H groups in total. The molecule has 0 aliphatic rings. The van der Waals surface area contributed by atoms with E-state index in [-0.39, 0.29) is 11.1 Å². The molecule has 0 heterocycles. The molecule has 8 heteroatoms.